The third-order valence-corrected chi connectivity index (χ3v) is 3.61. The van der Waals surface area contributed by atoms with Crippen LogP contribution in [0.5, 0.6) is 5.75 Å². The molecule has 1 amide bonds. The van der Waals surface area contributed by atoms with Crippen molar-refractivity contribution >= 4 is 22.9 Å². The van der Waals surface area contributed by atoms with Gasteiger partial charge in [-0.3, -0.25) is 9.89 Å². The summed E-state index contributed by atoms with van der Waals surface area (Å²) in [6.45, 7) is 0.560. The van der Waals surface area contributed by atoms with Gasteiger partial charge in [-0.05, 0) is 35.9 Å². The van der Waals surface area contributed by atoms with Gasteiger partial charge in [-0.2, -0.15) is 13.9 Å². The fourth-order valence-electron chi connectivity index (χ4n) is 2.55. The molecule has 0 aliphatic carbocycles. The van der Waals surface area contributed by atoms with Crippen molar-refractivity contribution < 1.29 is 22.7 Å². The summed E-state index contributed by atoms with van der Waals surface area (Å²) in [5.74, 6) is -1.51. The van der Waals surface area contributed by atoms with Gasteiger partial charge in [0.15, 0.2) is 5.75 Å². The van der Waals surface area contributed by atoms with Crippen LogP contribution in [0, 0.1) is 5.82 Å². The molecule has 0 saturated heterocycles. The predicted octanol–water partition coefficient (Wildman–Crippen LogP) is 3.71. The third kappa shape index (κ3) is 3.06. The topological polar surface area (TPSA) is 81.0 Å². The number of fused-ring (bicyclic) bond motifs is 1. The van der Waals surface area contributed by atoms with E-state index in [-0.39, 0.29) is 28.1 Å². The lowest BCUT2D eigenvalue weighted by molar-refractivity contribution is -0.0489. The van der Waals surface area contributed by atoms with E-state index in [2.05, 4.69) is 21.5 Å². The number of halogens is 3. The van der Waals surface area contributed by atoms with Gasteiger partial charge in [0.1, 0.15) is 17.0 Å². The van der Waals surface area contributed by atoms with Crippen molar-refractivity contribution in [2.75, 3.05) is 0 Å². The van der Waals surface area contributed by atoms with Crippen LogP contribution < -0.4 is 10.5 Å². The zero-order valence-corrected chi connectivity index (χ0v) is 12.7. The van der Waals surface area contributed by atoms with E-state index in [1.165, 1.54) is 18.2 Å². The summed E-state index contributed by atoms with van der Waals surface area (Å²) in [5.41, 5.74) is 6.38. The Morgan fingerprint density at radius 2 is 2.08 bits per heavy atom. The quantitative estimate of drug-likeness (QED) is 0.738. The number of H-pyrrole nitrogens is 1. The fraction of sp³-hybridized carbons (Fsp3) is 0.0588. The van der Waals surface area contributed by atoms with Crippen LogP contribution in [-0.4, -0.2) is 22.7 Å². The van der Waals surface area contributed by atoms with Gasteiger partial charge in [0.25, 0.3) is 0 Å². The average molecular weight is 347 g/mol. The zero-order chi connectivity index (χ0) is 18.1. The standard InChI is InChI=1S/C17H12F3N3O2/c1-2-8-5-12-14(11-7-9(18)3-4-10(11)16(21)24)22-23-15(12)13(6-8)25-17(19)20/h2-7,17H,1H2,(H2,21,24)(H,22,23). The number of benzene rings is 2. The maximum Gasteiger partial charge on any atom is 0.387 e. The van der Waals surface area contributed by atoms with Crippen molar-refractivity contribution in [3.63, 3.8) is 0 Å². The Morgan fingerprint density at radius 3 is 2.72 bits per heavy atom. The van der Waals surface area contributed by atoms with Gasteiger partial charge in [0, 0.05) is 16.5 Å². The predicted molar refractivity (Wildman–Crippen MR) is 86.7 cm³/mol. The van der Waals surface area contributed by atoms with Crippen LogP contribution in [0.1, 0.15) is 15.9 Å². The van der Waals surface area contributed by atoms with E-state index in [0.29, 0.717) is 10.9 Å². The lowest BCUT2D eigenvalue weighted by Gasteiger charge is -2.08. The molecule has 0 aliphatic rings. The first kappa shape index (κ1) is 16.6. The van der Waals surface area contributed by atoms with E-state index in [1.807, 2.05) is 0 Å². The third-order valence-electron chi connectivity index (χ3n) is 3.61. The summed E-state index contributed by atoms with van der Waals surface area (Å²) >= 11 is 0. The number of aromatic nitrogens is 2. The molecule has 3 aromatic rings. The molecule has 3 rings (SSSR count). The molecule has 0 atom stereocenters. The van der Waals surface area contributed by atoms with E-state index in [1.54, 1.807) is 6.07 Å². The van der Waals surface area contributed by atoms with Crippen LogP contribution in [0.3, 0.4) is 0 Å². The Hall–Kier alpha value is -3.29. The van der Waals surface area contributed by atoms with Crippen LogP contribution in [0.15, 0.2) is 36.9 Å². The van der Waals surface area contributed by atoms with Crippen molar-refractivity contribution in [3.05, 3.63) is 53.9 Å². The Labute approximate surface area is 139 Å². The number of carbonyl (C=O) groups excluding carboxylic acids is 1. The Morgan fingerprint density at radius 1 is 1.32 bits per heavy atom. The number of nitrogens with one attached hydrogen (secondary N) is 1. The van der Waals surface area contributed by atoms with E-state index in [0.717, 1.165) is 12.1 Å². The number of hydrogen-bond acceptors (Lipinski definition) is 3. The summed E-state index contributed by atoms with van der Waals surface area (Å²) in [6, 6.07) is 6.41. The molecule has 1 heterocycles. The van der Waals surface area contributed by atoms with E-state index >= 15 is 0 Å². The van der Waals surface area contributed by atoms with Crippen molar-refractivity contribution in [2.24, 2.45) is 5.73 Å². The first-order valence-electron chi connectivity index (χ1n) is 7.09. The summed E-state index contributed by atoms with van der Waals surface area (Å²) in [7, 11) is 0. The van der Waals surface area contributed by atoms with Gasteiger partial charge >= 0.3 is 6.61 Å². The molecule has 1 aromatic heterocycles. The maximum atomic E-state index is 13.7. The number of nitrogens with zero attached hydrogens (tertiary/aromatic N) is 1. The minimum absolute atomic E-state index is 0.0511. The van der Waals surface area contributed by atoms with Gasteiger partial charge in [-0.1, -0.05) is 12.7 Å². The largest absolute Gasteiger partial charge is 0.433 e. The van der Waals surface area contributed by atoms with Gasteiger partial charge in [-0.15, -0.1) is 0 Å². The number of hydrogen-bond donors (Lipinski definition) is 2. The van der Waals surface area contributed by atoms with Crippen LogP contribution in [0.2, 0.25) is 0 Å². The molecule has 2 aromatic carbocycles. The maximum absolute atomic E-state index is 13.7. The molecule has 0 unspecified atom stereocenters. The van der Waals surface area contributed by atoms with Gasteiger partial charge in [0.05, 0.1) is 0 Å². The molecule has 0 spiro atoms. The lowest BCUT2D eigenvalue weighted by atomic mass is 10.00. The van der Waals surface area contributed by atoms with Crippen LogP contribution in [0.4, 0.5) is 13.2 Å². The normalized spacial score (nSPS) is 11.0. The number of alkyl halides is 2. The Balaban J connectivity index is 2.30. The highest BCUT2D eigenvalue weighted by atomic mass is 19.3. The number of carbonyl (C=O) groups is 1. The highest BCUT2D eigenvalue weighted by Crippen LogP contribution is 2.35. The summed E-state index contributed by atoms with van der Waals surface area (Å²) < 4.78 is 43.5. The van der Waals surface area contributed by atoms with E-state index in [9.17, 15) is 18.0 Å². The van der Waals surface area contributed by atoms with Gasteiger partial charge < -0.3 is 10.5 Å². The number of aromatic amines is 1. The first-order chi connectivity index (χ1) is 11.9. The Bertz CT molecular complexity index is 983. The Kier molecular flexibility index (Phi) is 4.18. The minimum Gasteiger partial charge on any atom is -0.433 e. The monoisotopic (exact) mass is 347 g/mol. The lowest BCUT2D eigenvalue weighted by Crippen LogP contribution is -2.12. The highest BCUT2D eigenvalue weighted by Gasteiger charge is 2.19. The summed E-state index contributed by atoms with van der Waals surface area (Å²) in [6.07, 6.45) is 1.44. The number of amides is 1. The second-order valence-corrected chi connectivity index (χ2v) is 5.15. The molecule has 128 valence electrons. The van der Waals surface area contributed by atoms with Crippen molar-refractivity contribution in [1.29, 1.82) is 0 Å². The molecule has 0 aliphatic heterocycles. The van der Waals surface area contributed by atoms with Crippen molar-refractivity contribution in [1.82, 2.24) is 10.2 Å². The average Bonchev–Trinajstić information content (AvgIpc) is 2.97. The van der Waals surface area contributed by atoms with Crippen LogP contribution in [-0.2, 0) is 0 Å². The number of rotatable bonds is 5. The fourth-order valence-corrected chi connectivity index (χ4v) is 2.55. The molecule has 0 fully saturated rings. The molecular formula is C17H12F3N3O2. The SMILES string of the molecule is C=Cc1cc(OC(F)F)c2[nH]nc(-c3cc(F)ccc3C(N)=O)c2c1. The molecule has 25 heavy (non-hydrogen) atoms. The summed E-state index contributed by atoms with van der Waals surface area (Å²) in [4.78, 5) is 11.6. The van der Waals surface area contributed by atoms with Gasteiger partial charge in [0.2, 0.25) is 5.91 Å². The summed E-state index contributed by atoms with van der Waals surface area (Å²) in [5, 5.41) is 6.98. The second kappa shape index (κ2) is 6.31. The van der Waals surface area contributed by atoms with Crippen LogP contribution in [0.25, 0.3) is 28.2 Å². The molecular weight excluding hydrogens is 335 g/mol. The minimum atomic E-state index is -3.04. The van der Waals surface area contributed by atoms with Crippen molar-refractivity contribution in [3.8, 4) is 17.0 Å². The zero-order valence-electron chi connectivity index (χ0n) is 12.7. The number of nitrogens with two attached hydrogens (primary N) is 1. The second-order valence-electron chi connectivity index (χ2n) is 5.15. The van der Waals surface area contributed by atoms with Crippen molar-refractivity contribution in [2.45, 2.75) is 6.61 Å². The molecule has 0 bridgehead atoms. The van der Waals surface area contributed by atoms with Crippen LogP contribution >= 0.6 is 0 Å². The molecule has 5 nitrogen and oxygen atoms in total. The molecule has 8 heteroatoms. The highest BCUT2D eigenvalue weighted by molar-refractivity contribution is 6.05. The van der Waals surface area contributed by atoms with Gasteiger partial charge in [-0.25, -0.2) is 4.39 Å². The first-order valence-corrected chi connectivity index (χ1v) is 7.09. The van der Waals surface area contributed by atoms with E-state index < -0.39 is 18.3 Å². The molecule has 3 N–H and O–H groups in total. The number of primary amides is 1. The molecule has 0 radical (unpaired) electrons. The number of ether oxygens (including phenoxy) is 1. The smallest absolute Gasteiger partial charge is 0.387 e. The molecule has 0 saturated carbocycles. The van der Waals surface area contributed by atoms with E-state index in [4.69, 9.17) is 5.73 Å².